The summed E-state index contributed by atoms with van der Waals surface area (Å²) in [6.07, 6.45) is -0.939. The number of benzene rings is 2. The summed E-state index contributed by atoms with van der Waals surface area (Å²) in [6.45, 7) is 1.08. The second-order valence-corrected chi connectivity index (χ2v) is 10.7. The minimum atomic E-state index is -4.38. The van der Waals surface area contributed by atoms with Gasteiger partial charge in [0.05, 0.1) is 30.6 Å². The van der Waals surface area contributed by atoms with E-state index in [-0.39, 0.29) is 12.6 Å². The number of halogens is 3. The third-order valence-corrected chi connectivity index (χ3v) is 7.63. The molecule has 216 valence electrons. The molecule has 4 aromatic rings. The molecule has 1 aliphatic rings. The van der Waals surface area contributed by atoms with Crippen LogP contribution in [-0.2, 0) is 6.54 Å². The minimum Gasteiger partial charge on any atom is -0.495 e. The number of hydrogen-bond acceptors (Lipinski definition) is 8. The standard InChI is InChI=1S/C29H31F3N6O2S/c1-37-14-10-20(11-15-37)34-24-6-3-7-26-23(24)17-21(38(26)19-29(30,31)32)5-4-13-33-25-9-8-22(18-27(25)39-2)41-36-28-12-16-40-35-28/h3,6-9,12,16-18,20,33-34H,10-11,13-15,19H2,1-2H3,(H,35,36). The van der Waals surface area contributed by atoms with Crippen LogP contribution < -0.4 is 20.1 Å². The highest BCUT2D eigenvalue weighted by molar-refractivity contribution is 8.00. The van der Waals surface area contributed by atoms with Crippen LogP contribution in [0.1, 0.15) is 18.5 Å². The zero-order valence-corrected chi connectivity index (χ0v) is 23.5. The predicted molar refractivity (Wildman–Crippen MR) is 156 cm³/mol. The number of ether oxygens (including phenoxy) is 1. The maximum Gasteiger partial charge on any atom is 0.406 e. The van der Waals surface area contributed by atoms with Gasteiger partial charge in [-0.2, -0.15) is 13.2 Å². The van der Waals surface area contributed by atoms with Gasteiger partial charge in [-0.3, -0.25) is 0 Å². The molecule has 0 unspecified atom stereocenters. The van der Waals surface area contributed by atoms with Gasteiger partial charge in [-0.1, -0.05) is 17.1 Å². The van der Waals surface area contributed by atoms with Crippen LogP contribution in [0, 0.1) is 11.8 Å². The Labute approximate surface area is 240 Å². The number of rotatable bonds is 9. The number of methoxy groups -OCH3 is 1. The number of fused-ring (bicyclic) bond motifs is 1. The fourth-order valence-electron chi connectivity index (χ4n) is 4.77. The van der Waals surface area contributed by atoms with Gasteiger partial charge < -0.3 is 34.1 Å². The molecule has 0 saturated carbocycles. The molecule has 0 amide bonds. The van der Waals surface area contributed by atoms with Crippen molar-refractivity contribution in [3.63, 3.8) is 0 Å². The quantitative estimate of drug-likeness (QED) is 0.157. The molecule has 2 aromatic carbocycles. The Morgan fingerprint density at radius 2 is 1.95 bits per heavy atom. The van der Waals surface area contributed by atoms with Crippen LogP contribution in [0.15, 0.2) is 64.2 Å². The van der Waals surface area contributed by atoms with Gasteiger partial charge in [0.15, 0.2) is 5.82 Å². The Balaban J connectivity index is 1.32. The molecule has 1 aliphatic heterocycles. The maximum atomic E-state index is 13.6. The van der Waals surface area contributed by atoms with Crippen molar-refractivity contribution in [2.45, 2.75) is 36.5 Å². The summed E-state index contributed by atoms with van der Waals surface area (Å²) in [5.41, 5.74) is 2.37. The van der Waals surface area contributed by atoms with Gasteiger partial charge in [0.25, 0.3) is 0 Å². The molecule has 12 heteroatoms. The Kier molecular flexibility index (Phi) is 8.85. The summed E-state index contributed by atoms with van der Waals surface area (Å²) in [5, 5.41) is 11.3. The van der Waals surface area contributed by atoms with Gasteiger partial charge in [-0.15, -0.1) is 0 Å². The fraction of sp³-hybridized carbons (Fsp3) is 0.345. The highest BCUT2D eigenvalue weighted by Gasteiger charge is 2.30. The van der Waals surface area contributed by atoms with Crippen LogP contribution in [0.25, 0.3) is 10.9 Å². The van der Waals surface area contributed by atoms with Crippen LogP contribution >= 0.6 is 11.9 Å². The van der Waals surface area contributed by atoms with Gasteiger partial charge in [-0.25, -0.2) is 0 Å². The van der Waals surface area contributed by atoms with Crippen molar-refractivity contribution in [1.29, 1.82) is 0 Å². The molecule has 3 N–H and O–H groups in total. The molecule has 1 fully saturated rings. The smallest absolute Gasteiger partial charge is 0.406 e. The van der Waals surface area contributed by atoms with Crippen LogP contribution in [0.4, 0.5) is 30.4 Å². The first-order valence-electron chi connectivity index (χ1n) is 13.2. The van der Waals surface area contributed by atoms with E-state index in [2.05, 4.69) is 44.3 Å². The largest absolute Gasteiger partial charge is 0.495 e. The molecule has 1 saturated heterocycles. The van der Waals surface area contributed by atoms with Crippen molar-refractivity contribution in [3.05, 3.63) is 60.5 Å². The molecule has 0 bridgehead atoms. The third kappa shape index (κ3) is 7.42. The van der Waals surface area contributed by atoms with Crippen molar-refractivity contribution < 1.29 is 22.4 Å². The number of alkyl halides is 3. The first-order valence-corrected chi connectivity index (χ1v) is 14.0. The van der Waals surface area contributed by atoms with Gasteiger partial charge in [-0.05, 0) is 87.2 Å². The van der Waals surface area contributed by atoms with Gasteiger partial charge >= 0.3 is 6.18 Å². The fourth-order valence-corrected chi connectivity index (χ4v) is 5.40. The Hall–Kier alpha value is -3.95. The molecule has 0 aliphatic carbocycles. The number of nitrogens with one attached hydrogen (secondary N) is 3. The van der Waals surface area contributed by atoms with Gasteiger partial charge in [0.1, 0.15) is 18.6 Å². The van der Waals surface area contributed by atoms with Gasteiger partial charge in [0.2, 0.25) is 0 Å². The van der Waals surface area contributed by atoms with Crippen molar-refractivity contribution in [2.24, 2.45) is 0 Å². The summed E-state index contributed by atoms with van der Waals surface area (Å²) in [5.74, 6) is 7.15. The summed E-state index contributed by atoms with van der Waals surface area (Å²) in [7, 11) is 3.66. The van der Waals surface area contributed by atoms with Crippen molar-refractivity contribution in [1.82, 2.24) is 14.6 Å². The maximum absolute atomic E-state index is 13.6. The first kappa shape index (κ1) is 28.6. The zero-order valence-electron chi connectivity index (χ0n) is 22.7. The molecule has 8 nitrogen and oxygen atoms in total. The summed E-state index contributed by atoms with van der Waals surface area (Å²) in [4.78, 5) is 3.17. The lowest BCUT2D eigenvalue weighted by atomic mass is 10.0. The number of nitrogens with zero attached hydrogens (tertiary/aromatic N) is 3. The number of anilines is 3. The average molecular weight is 585 g/mol. The first-order chi connectivity index (χ1) is 19.8. The van der Waals surface area contributed by atoms with E-state index in [0.29, 0.717) is 28.5 Å². The molecule has 5 rings (SSSR count). The highest BCUT2D eigenvalue weighted by atomic mass is 32.2. The Morgan fingerprint density at radius 1 is 1.12 bits per heavy atom. The third-order valence-electron chi connectivity index (χ3n) is 6.83. The van der Waals surface area contributed by atoms with Crippen molar-refractivity contribution in [3.8, 4) is 17.6 Å². The summed E-state index contributed by atoms with van der Waals surface area (Å²) >= 11 is 1.35. The Morgan fingerprint density at radius 3 is 2.68 bits per heavy atom. The van der Waals surface area contributed by atoms with E-state index in [9.17, 15) is 13.2 Å². The van der Waals surface area contributed by atoms with E-state index in [1.165, 1.54) is 22.8 Å². The van der Waals surface area contributed by atoms with E-state index >= 15 is 0 Å². The lowest BCUT2D eigenvalue weighted by Gasteiger charge is -2.30. The minimum absolute atomic E-state index is 0.217. The van der Waals surface area contributed by atoms with Gasteiger partial charge in [0, 0.05) is 28.1 Å². The van der Waals surface area contributed by atoms with Crippen LogP contribution in [-0.4, -0.2) is 60.6 Å². The lowest BCUT2D eigenvalue weighted by Crippen LogP contribution is -2.36. The second-order valence-electron chi connectivity index (χ2n) is 9.80. The van der Waals surface area contributed by atoms with E-state index in [1.807, 2.05) is 24.3 Å². The van der Waals surface area contributed by atoms with Crippen LogP contribution in [0.2, 0.25) is 0 Å². The van der Waals surface area contributed by atoms with Crippen molar-refractivity contribution in [2.75, 3.05) is 49.1 Å². The lowest BCUT2D eigenvalue weighted by molar-refractivity contribution is -0.140. The monoisotopic (exact) mass is 584 g/mol. The van der Waals surface area contributed by atoms with Crippen LogP contribution in [0.5, 0.6) is 5.75 Å². The normalized spacial score (nSPS) is 14.5. The SMILES string of the molecule is COc1cc(SNc2ccon2)ccc1NCC#Cc1cc2c(NC3CCN(C)CC3)cccc2n1CC(F)(F)F. The number of piperidine rings is 1. The molecule has 2 aromatic heterocycles. The molecule has 0 atom stereocenters. The molecule has 3 heterocycles. The number of likely N-dealkylation sites (tertiary alicyclic amines) is 1. The zero-order chi connectivity index (χ0) is 28.8. The van der Waals surface area contributed by atoms with Crippen molar-refractivity contribution >= 4 is 40.0 Å². The van der Waals surface area contributed by atoms with E-state index in [4.69, 9.17) is 9.26 Å². The average Bonchev–Trinajstić information content (AvgIpc) is 3.59. The predicted octanol–water partition coefficient (Wildman–Crippen LogP) is 6.29. The summed E-state index contributed by atoms with van der Waals surface area (Å²) in [6, 6.07) is 14.8. The summed E-state index contributed by atoms with van der Waals surface area (Å²) < 4.78 is 55.3. The molecule has 0 radical (unpaired) electrons. The second kappa shape index (κ2) is 12.7. The van der Waals surface area contributed by atoms with E-state index in [0.717, 1.165) is 41.9 Å². The topological polar surface area (TPSA) is 79.5 Å². The number of hydrogen-bond donors (Lipinski definition) is 3. The molecular weight excluding hydrogens is 553 g/mol. The number of aromatic nitrogens is 2. The molecule has 41 heavy (non-hydrogen) atoms. The van der Waals surface area contributed by atoms with E-state index in [1.54, 1.807) is 31.4 Å². The molecule has 0 spiro atoms. The highest BCUT2D eigenvalue weighted by Crippen LogP contribution is 2.32. The van der Waals surface area contributed by atoms with E-state index < -0.39 is 12.7 Å². The molecular formula is C29H31F3N6O2S. The van der Waals surface area contributed by atoms with Crippen LogP contribution in [0.3, 0.4) is 0 Å². The Bertz CT molecular complexity index is 1520.